The molecule has 1 aliphatic rings. The lowest BCUT2D eigenvalue weighted by Gasteiger charge is -2.18. The molecule has 1 aliphatic carbocycles. The molecule has 1 rings (SSSR count). The molecular weight excluding hydrogens is 144 g/mol. The monoisotopic (exact) mass is 154 g/mol. The van der Waals surface area contributed by atoms with Gasteiger partial charge in [-0.2, -0.15) is 0 Å². The number of ketones is 1. The topological polar surface area (TPSA) is 46.5 Å². The fourth-order valence-corrected chi connectivity index (χ4v) is 0.871. The van der Waals surface area contributed by atoms with Crippen molar-refractivity contribution in [3.63, 3.8) is 0 Å². The summed E-state index contributed by atoms with van der Waals surface area (Å²) in [5, 5.41) is 9.40. The molecule has 3 nitrogen and oxygen atoms in total. The molecule has 0 aromatic heterocycles. The molecule has 60 valence electrons. The number of hydrogen-bond acceptors (Lipinski definition) is 3. The van der Waals surface area contributed by atoms with Crippen LogP contribution in [0.25, 0.3) is 0 Å². The van der Waals surface area contributed by atoms with Gasteiger partial charge in [-0.1, -0.05) is 0 Å². The zero-order valence-electron chi connectivity index (χ0n) is 6.50. The Morgan fingerprint density at radius 3 is 2.73 bits per heavy atom. The van der Waals surface area contributed by atoms with Crippen LogP contribution in [0.15, 0.2) is 24.0 Å². The van der Waals surface area contributed by atoms with Gasteiger partial charge in [0.1, 0.15) is 5.60 Å². The number of carbonyl (C=O) groups excluding carboxylic acids is 1. The summed E-state index contributed by atoms with van der Waals surface area (Å²) in [6.07, 6.45) is 4.12. The van der Waals surface area contributed by atoms with Crippen LogP contribution in [0.4, 0.5) is 0 Å². The number of ether oxygens (including phenoxy) is 1. The van der Waals surface area contributed by atoms with Crippen molar-refractivity contribution in [1.29, 1.82) is 0 Å². The molecule has 1 atom stereocenters. The van der Waals surface area contributed by atoms with Gasteiger partial charge in [0.25, 0.3) is 0 Å². The van der Waals surface area contributed by atoms with Crippen LogP contribution in [0.5, 0.6) is 0 Å². The minimum atomic E-state index is -1.06. The third-order valence-electron chi connectivity index (χ3n) is 1.46. The van der Waals surface area contributed by atoms with E-state index in [1.165, 1.54) is 25.3 Å². The first-order valence-electron chi connectivity index (χ1n) is 3.28. The maximum atomic E-state index is 10.9. The van der Waals surface area contributed by atoms with E-state index in [9.17, 15) is 9.90 Å². The minimum Gasteiger partial charge on any atom is -0.493 e. The predicted molar refractivity (Wildman–Crippen MR) is 39.9 cm³/mol. The van der Waals surface area contributed by atoms with E-state index in [1.807, 2.05) is 0 Å². The zero-order valence-corrected chi connectivity index (χ0v) is 6.50. The zero-order chi connectivity index (χ0) is 8.48. The minimum absolute atomic E-state index is 0.192. The highest BCUT2D eigenvalue weighted by molar-refractivity contribution is 6.03. The molecule has 0 aliphatic heterocycles. The Kier molecular flexibility index (Phi) is 1.83. The van der Waals surface area contributed by atoms with E-state index in [4.69, 9.17) is 4.74 Å². The maximum Gasteiger partial charge on any atom is 0.219 e. The molecule has 11 heavy (non-hydrogen) atoms. The van der Waals surface area contributed by atoms with Gasteiger partial charge in [-0.05, 0) is 25.2 Å². The Labute approximate surface area is 65.0 Å². The van der Waals surface area contributed by atoms with Gasteiger partial charge in [-0.25, -0.2) is 0 Å². The Balaban J connectivity index is 2.93. The lowest BCUT2D eigenvalue weighted by Crippen LogP contribution is -2.23. The highest BCUT2D eigenvalue weighted by atomic mass is 16.5. The van der Waals surface area contributed by atoms with Crippen LogP contribution in [-0.4, -0.2) is 23.6 Å². The number of aliphatic hydroxyl groups is 1. The second-order valence-corrected chi connectivity index (χ2v) is 2.64. The van der Waals surface area contributed by atoms with Crippen molar-refractivity contribution in [2.45, 2.75) is 12.5 Å². The van der Waals surface area contributed by atoms with Gasteiger partial charge in [0.15, 0.2) is 5.76 Å². The Hall–Kier alpha value is -1.09. The van der Waals surface area contributed by atoms with Gasteiger partial charge < -0.3 is 9.84 Å². The largest absolute Gasteiger partial charge is 0.493 e. The average Bonchev–Trinajstić information content (AvgIpc) is 1.94. The van der Waals surface area contributed by atoms with Crippen molar-refractivity contribution in [3.8, 4) is 0 Å². The average molecular weight is 154 g/mol. The van der Waals surface area contributed by atoms with E-state index in [-0.39, 0.29) is 11.5 Å². The van der Waals surface area contributed by atoms with Crippen molar-refractivity contribution in [2.75, 3.05) is 7.11 Å². The van der Waals surface area contributed by atoms with Crippen LogP contribution in [0.2, 0.25) is 0 Å². The fourth-order valence-electron chi connectivity index (χ4n) is 0.871. The number of hydrogen-bond donors (Lipinski definition) is 1. The lowest BCUT2D eigenvalue weighted by atomic mass is 9.99. The molecule has 0 bridgehead atoms. The summed E-state index contributed by atoms with van der Waals surface area (Å²) in [5.41, 5.74) is -1.06. The summed E-state index contributed by atoms with van der Waals surface area (Å²) >= 11 is 0. The van der Waals surface area contributed by atoms with E-state index in [1.54, 1.807) is 6.92 Å². The fraction of sp³-hybridized carbons (Fsp3) is 0.375. The van der Waals surface area contributed by atoms with Crippen LogP contribution >= 0.6 is 0 Å². The van der Waals surface area contributed by atoms with Gasteiger partial charge in [0.05, 0.1) is 7.11 Å². The standard InChI is InChI=1S/C8H10O3/c1-8(10)4-3-6(9)7(5-8)11-2/h3-5,10H,1-2H3. The van der Waals surface area contributed by atoms with Crippen molar-refractivity contribution in [3.05, 3.63) is 24.0 Å². The first kappa shape index (κ1) is 8.01. The summed E-state index contributed by atoms with van der Waals surface area (Å²) in [4.78, 5) is 10.9. The summed E-state index contributed by atoms with van der Waals surface area (Å²) in [6.45, 7) is 1.58. The molecule has 0 heterocycles. The number of methoxy groups -OCH3 is 1. The molecule has 3 heteroatoms. The Morgan fingerprint density at radius 1 is 1.64 bits per heavy atom. The van der Waals surface area contributed by atoms with Crippen LogP contribution in [0.3, 0.4) is 0 Å². The quantitative estimate of drug-likeness (QED) is 0.595. The SMILES string of the molecule is COC1=CC(C)(O)C=CC1=O. The summed E-state index contributed by atoms with van der Waals surface area (Å²) < 4.78 is 4.74. The summed E-state index contributed by atoms with van der Waals surface area (Å²) in [5.74, 6) is -0.0171. The van der Waals surface area contributed by atoms with Crippen LogP contribution in [0, 0.1) is 0 Å². The highest BCUT2D eigenvalue weighted by Crippen LogP contribution is 2.17. The molecule has 0 spiro atoms. The van der Waals surface area contributed by atoms with Crippen molar-refractivity contribution in [1.82, 2.24) is 0 Å². The molecule has 0 aromatic carbocycles. The van der Waals surface area contributed by atoms with E-state index >= 15 is 0 Å². The van der Waals surface area contributed by atoms with E-state index in [0.717, 1.165) is 0 Å². The Bertz CT molecular complexity index is 236. The molecule has 1 unspecified atom stereocenters. The number of allylic oxidation sites excluding steroid dienone is 1. The van der Waals surface area contributed by atoms with Crippen molar-refractivity contribution < 1.29 is 14.6 Å². The molecule has 0 aromatic rings. The normalized spacial score (nSPS) is 30.1. The van der Waals surface area contributed by atoms with Gasteiger partial charge in [-0.3, -0.25) is 4.79 Å². The second-order valence-electron chi connectivity index (χ2n) is 2.64. The first-order valence-corrected chi connectivity index (χ1v) is 3.28. The third kappa shape index (κ3) is 1.68. The summed E-state index contributed by atoms with van der Waals surface area (Å²) in [6, 6.07) is 0. The molecular formula is C8H10O3. The number of rotatable bonds is 1. The molecule has 1 N–H and O–H groups in total. The van der Waals surface area contributed by atoms with Crippen molar-refractivity contribution in [2.24, 2.45) is 0 Å². The maximum absolute atomic E-state index is 10.9. The van der Waals surface area contributed by atoms with E-state index in [2.05, 4.69) is 0 Å². The Morgan fingerprint density at radius 2 is 2.27 bits per heavy atom. The smallest absolute Gasteiger partial charge is 0.219 e. The third-order valence-corrected chi connectivity index (χ3v) is 1.46. The van der Waals surface area contributed by atoms with Crippen LogP contribution < -0.4 is 0 Å². The summed E-state index contributed by atoms with van der Waals surface area (Å²) in [7, 11) is 1.40. The van der Waals surface area contributed by atoms with Gasteiger partial charge >= 0.3 is 0 Å². The molecule has 0 fully saturated rings. The van der Waals surface area contributed by atoms with Gasteiger partial charge in [0.2, 0.25) is 5.78 Å². The van der Waals surface area contributed by atoms with Crippen LogP contribution in [0.1, 0.15) is 6.92 Å². The van der Waals surface area contributed by atoms with E-state index in [0.29, 0.717) is 0 Å². The van der Waals surface area contributed by atoms with E-state index < -0.39 is 5.60 Å². The van der Waals surface area contributed by atoms with Gasteiger partial charge in [-0.15, -0.1) is 0 Å². The highest BCUT2D eigenvalue weighted by Gasteiger charge is 2.22. The second kappa shape index (κ2) is 2.51. The first-order chi connectivity index (χ1) is 5.05. The molecule has 0 saturated heterocycles. The predicted octanol–water partition coefficient (Wildman–Crippen LogP) is 0.407. The van der Waals surface area contributed by atoms with Gasteiger partial charge in [0, 0.05) is 0 Å². The van der Waals surface area contributed by atoms with Crippen molar-refractivity contribution >= 4 is 5.78 Å². The van der Waals surface area contributed by atoms with Crippen LogP contribution in [-0.2, 0) is 9.53 Å². The molecule has 0 saturated carbocycles. The molecule has 0 radical (unpaired) electrons. The number of carbonyl (C=O) groups is 1. The molecule has 0 amide bonds. The lowest BCUT2D eigenvalue weighted by molar-refractivity contribution is -0.114.